The molecule has 1 aliphatic carbocycles. The summed E-state index contributed by atoms with van der Waals surface area (Å²) in [4.78, 5) is 25.8. The molecule has 3 aromatic heterocycles. The molecule has 2 fully saturated rings. The molecular formula is C29H35N6O4S+. The zero-order chi connectivity index (χ0) is 28.2. The number of pyridine rings is 1. The molecule has 0 radical (unpaired) electrons. The van der Waals surface area contributed by atoms with Crippen molar-refractivity contribution >= 4 is 38.2 Å². The van der Waals surface area contributed by atoms with Gasteiger partial charge in [-0.05, 0) is 50.8 Å². The number of sulfone groups is 1. The number of Topliss-reactive ketones (excluding diaryl/α,β-unsaturated/α-hetero) is 1. The van der Waals surface area contributed by atoms with E-state index in [0.29, 0.717) is 40.7 Å². The predicted molar refractivity (Wildman–Crippen MR) is 151 cm³/mol. The topological polar surface area (TPSA) is 123 Å². The zero-order valence-corrected chi connectivity index (χ0v) is 24.1. The summed E-state index contributed by atoms with van der Waals surface area (Å²) in [6.45, 7) is 4.62. The molecule has 2 aliphatic rings. The number of carbonyl (C=O) groups excluding carboxylic acids is 1. The number of rotatable bonds is 8. The van der Waals surface area contributed by atoms with Crippen molar-refractivity contribution in [3.63, 3.8) is 0 Å². The number of aromatic amines is 1. The SMILES string of the molecule is Cc1cnc(-c2ccc(Nc3cc(CC(=O)C4CC4)nc4c3[nH]c(C)[n+]4C3CCCCO3)c(S(C)(=O)=O)c2)n1C. The van der Waals surface area contributed by atoms with Crippen LogP contribution >= 0.6 is 0 Å². The largest absolute Gasteiger partial charge is 0.351 e. The Labute approximate surface area is 233 Å². The van der Waals surface area contributed by atoms with E-state index in [9.17, 15) is 13.2 Å². The number of hydrogen-bond donors (Lipinski definition) is 2. The van der Waals surface area contributed by atoms with Crippen molar-refractivity contribution in [2.45, 2.75) is 63.5 Å². The van der Waals surface area contributed by atoms with Crippen molar-refractivity contribution < 1.29 is 22.5 Å². The van der Waals surface area contributed by atoms with Crippen LogP contribution in [-0.4, -0.2) is 46.6 Å². The number of anilines is 2. The number of nitrogens with zero attached hydrogens (tertiary/aromatic N) is 4. The van der Waals surface area contributed by atoms with Crippen molar-refractivity contribution in [2.75, 3.05) is 18.2 Å². The van der Waals surface area contributed by atoms with Crippen molar-refractivity contribution in [3.05, 3.63) is 47.7 Å². The van der Waals surface area contributed by atoms with Gasteiger partial charge in [-0.3, -0.25) is 9.78 Å². The van der Waals surface area contributed by atoms with Gasteiger partial charge in [0.1, 0.15) is 17.3 Å². The number of carbonyl (C=O) groups is 1. The van der Waals surface area contributed by atoms with Crippen LogP contribution in [0.3, 0.4) is 0 Å². The third kappa shape index (κ3) is 5.03. The molecule has 1 unspecified atom stereocenters. The second kappa shape index (κ2) is 10.1. The summed E-state index contributed by atoms with van der Waals surface area (Å²) in [6.07, 6.45) is 7.90. The van der Waals surface area contributed by atoms with E-state index in [4.69, 9.17) is 9.72 Å². The fraction of sp³-hybridized carbons (Fsp3) is 0.448. The monoisotopic (exact) mass is 563 g/mol. The molecule has 10 nitrogen and oxygen atoms in total. The average Bonchev–Trinajstić information content (AvgIpc) is 3.65. The number of benzene rings is 1. The first-order chi connectivity index (χ1) is 19.1. The number of aryl methyl sites for hydroxylation is 2. The van der Waals surface area contributed by atoms with Crippen LogP contribution in [0.25, 0.3) is 22.6 Å². The molecule has 1 aliphatic heterocycles. The molecule has 4 heterocycles. The third-order valence-electron chi connectivity index (χ3n) is 7.91. The van der Waals surface area contributed by atoms with E-state index in [-0.39, 0.29) is 29.2 Å². The molecule has 1 aromatic carbocycles. The zero-order valence-electron chi connectivity index (χ0n) is 23.3. The molecule has 0 spiro atoms. The molecule has 210 valence electrons. The van der Waals surface area contributed by atoms with Gasteiger partial charge < -0.3 is 14.6 Å². The molecule has 1 saturated heterocycles. The summed E-state index contributed by atoms with van der Waals surface area (Å²) in [5, 5.41) is 3.38. The van der Waals surface area contributed by atoms with E-state index < -0.39 is 9.84 Å². The van der Waals surface area contributed by atoms with Gasteiger partial charge in [-0.1, -0.05) is 0 Å². The maximum absolute atomic E-state index is 13.0. The smallest absolute Gasteiger partial charge is 0.306 e. The Morgan fingerprint density at radius 2 is 1.98 bits per heavy atom. The predicted octanol–water partition coefficient (Wildman–Crippen LogP) is 4.24. The number of aromatic nitrogens is 5. The van der Waals surface area contributed by atoms with Crippen LogP contribution in [0.15, 0.2) is 35.4 Å². The number of fused-ring (bicyclic) bond motifs is 1. The quantitative estimate of drug-likeness (QED) is 0.308. The Hall–Kier alpha value is -3.57. The molecule has 0 amide bonds. The number of ketones is 1. The van der Waals surface area contributed by atoms with E-state index in [1.165, 1.54) is 6.26 Å². The average molecular weight is 564 g/mol. The Morgan fingerprint density at radius 1 is 1.18 bits per heavy atom. The van der Waals surface area contributed by atoms with Gasteiger partial charge in [0.05, 0.1) is 29.3 Å². The fourth-order valence-corrected chi connectivity index (χ4v) is 6.32. The Bertz CT molecular complexity index is 1730. The molecule has 6 rings (SSSR count). The second-order valence-electron chi connectivity index (χ2n) is 11.1. The van der Waals surface area contributed by atoms with Gasteiger partial charge in [0.15, 0.2) is 21.6 Å². The first kappa shape index (κ1) is 26.6. The lowest BCUT2D eigenvalue weighted by Gasteiger charge is -2.21. The number of H-pyrrole nitrogens is 1. The highest BCUT2D eigenvalue weighted by atomic mass is 32.2. The van der Waals surface area contributed by atoms with Gasteiger partial charge in [0, 0.05) is 56.1 Å². The second-order valence-corrected chi connectivity index (χ2v) is 13.1. The van der Waals surface area contributed by atoms with Gasteiger partial charge in [-0.15, -0.1) is 4.98 Å². The van der Waals surface area contributed by atoms with Gasteiger partial charge in [-0.25, -0.2) is 18.0 Å². The van der Waals surface area contributed by atoms with Crippen LogP contribution < -0.4 is 9.88 Å². The lowest BCUT2D eigenvalue weighted by atomic mass is 10.1. The maximum atomic E-state index is 13.0. The highest BCUT2D eigenvalue weighted by Crippen LogP contribution is 2.34. The minimum absolute atomic E-state index is 0.120. The summed E-state index contributed by atoms with van der Waals surface area (Å²) < 4.78 is 36.1. The van der Waals surface area contributed by atoms with E-state index in [1.54, 1.807) is 18.3 Å². The summed E-state index contributed by atoms with van der Waals surface area (Å²) in [5.41, 5.74) is 4.86. The Kier molecular flexibility index (Phi) is 6.74. The van der Waals surface area contributed by atoms with Crippen molar-refractivity contribution in [1.29, 1.82) is 0 Å². The number of ether oxygens (including phenoxy) is 1. The van der Waals surface area contributed by atoms with Gasteiger partial charge in [0.25, 0.3) is 0 Å². The molecule has 2 N–H and O–H groups in total. The highest BCUT2D eigenvalue weighted by molar-refractivity contribution is 7.90. The number of hydrogen-bond acceptors (Lipinski definition) is 7. The van der Waals surface area contributed by atoms with E-state index in [2.05, 4.69) is 19.9 Å². The normalized spacial score (nSPS) is 17.9. The van der Waals surface area contributed by atoms with Crippen LogP contribution in [0.1, 0.15) is 55.5 Å². The van der Waals surface area contributed by atoms with Crippen LogP contribution in [-0.2, 0) is 32.8 Å². The fourth-order valence-electron chi connectivity index (χ4n) is 5.46. The summed E-state index contributed by atoms with van der Waals surface area (Å²) in [5.74, 6) is 1.88. The third-order valence-corrected chi connectivity index (χ3v) is 9.05. The van der Waals surface area contributed by atoms with Crippen molar-refractivity contribution in [1.82, 2.24) is 19.5 Å². The number of imidazole rings is 2. The van der Waals surface area contributed by atoms with Gasteiger partial charge >= 0.3 is 5.65 Å². The lowest BCUT2D eigenvalue weighted by molar-refractivity contribution is -0.749. The Balaban J connectivity index is 1.47. The van der Waals surface area contributed by atoms with E-state index in [0.717, 1.165) is 49.1 Å². The molecular weight excluding hydrogens is 528 g/mol. The highest BCUT2D eigenvalue weighted by Gasteiger charge is 2.33. The van der Waals surface area contributed by atoms with E-state index in [1.807, 2.05) is 37.6 Å². The molecule has 4 aromatic rings. The summed E-state index contributed by atoms with van der Waals surface area (Å²) in [6, 6.07) is 7.15. The van der Waals surface area contributed by atoms with Crippen molar-refractivity contribution in [3.8, 4) is 11.4 Å². The van der Waals surface area contributed by atoms with E-state index >= 15 is 0 Å². The first-order valence-corrected chi connectivity index (χ1v) is 15.7. The molecule has 1 saturated carbocycles. The molecule has 11 heteroatoms. The molecule has 40 heavy (non-hydrogen) atoms. The standard InChI is InChI=1S/C29H34N6O4S/c1-17-16-30-28(34(17)3)20-10-11-22(25(13-20)40(4,37)38)33-23-14-21(15-24(36)19-8-9-19)32-29-27(23)31-18(2)35(29)26-7-5-6-12-39-26/h10-11,13-14,16,19,26H,5-9,12,15H2,1-4H3,(H,30,32,33)/p+1. The molecule has 1 atom stereocenters. The maximum Gasteiger partial charge on any atom is 0.306 e. The summed E-state index contributed by atoms with van der Waals surface area (Å²) in [7, 11) is -1.70. The van der Waals surface area contributed by atoms with Crippen LogP contribution in [0.4, 0.5) is 11.4 Å². The van der Waals surface area contributed by atoms with Crippen LogP contribution in [0.2, 0.25) is 0 Å². The minimum atomic E-state index is -3.60. The van der Waals surface area contributed by atoms with Gasteiger partial charge in [-0.2, -0.15) is 0 Å². The lowest BCUT2D eigenvalue weighted by Crippen LogP contribution is -2.44. The van der Waals surface area contributed by atoms with Crippen LogP contribution in [0, 0.1) is 19.8 Å². The summed E-state index contributed by atoms with van der Waals surface area (Å²) >= 11 is 0. The minimum Gasteiger partial charge on any atom is -0.351 e. The van der Waals surface area contributed by atoms with Crippen LogP contribution in [0.5, 0.6) is 0 Å². The molecule has 0 bridgehead atoms. The van der Waals surface area contributed by atoms with Crippen molar-refractivity contribution in [2.24, 2.45) is 13.0 Å². The Morgan fingerprint density at radius 3 is 2.62 bits per heavy atom. The van der Waals surface area contributed by atoms with Gasteiger partial charge in [0.2, 0.25) is 5.82 Å². The number of nitrogens with one attached hydrogen (secondary N) is 2. The first-order valence-electron chi connectivity index (χ1n) is 13.8.